The van der Waals surface area contributed by atoms with Crippen LogP contribution in [0.25, 0.3) is 0 Å². The summed E-state index contributed by atoms with van der Waals surface area (Å²) in [6, 6.07) is 9.55. The van der Waals surface area contributed by atoms with Crippen molar-refractivity contribution in [3.63, 3.8) is 0 Å². The minimum absolute atomic E-state index is 0.0753. The van der Waals surface area contributed by atoms with Crippen LogP contribution in [-0.2, 0) is 16.0 Å². The van der Waals surface area contributed by atoms with E-state index in [-0.39, 0.29) is 18.6 Å². The van der Waals surface area contributed by atoms with Gasteiger partial charge >= 0.3 is 0 Å². The fourth-order valence-electron chi connectivity index (χ4n) is 2.10. The van der Waals surface area contributed by atoms with Crippen LogP contribution in [0, 0.1) is 0 Å². The lowest BCUT2D eigenvalue weighted by Gasteiger charge is -2.26. The quantitative estimate of drug-likeness (QED) is 0.833. The minimum Gasteiger partial charge on any atom is -0.385 e. The standard InChI is InChI=1S/C14H19NO3/c1-11-14(17,7-8-18-11)10-15-13(16)9-12-5-3-2-4-6-12/h2-6,11,17H,7-10H2,1H3,(H,15,16). The molecule has 4 heteroatoms. The molecule has 1 aliphatic rings. The van der Waals surface area contributed by atoms with E-state index >= 15 is 0 Å². The lowest BCUT2D eigenvalue weighted by Crippen LogP contribution is -2.47. The van der Waals surface area contributed by atoms with Crippen LogP contribution in [-0.4, -0.2) is 35.9 Å². The van der Waals surface area contributed by atoms with Crippen LogP contribution >= 0.6 is 0 Å². The normalized spacial score (nSPS) is 27.1. The number of nitrogens with one attached hydrogen (secondary N) is 1. The van der Waals surface area contributed by atoms with E-state index in [0.29, 0.717) is 19.4 Å². The summed E-state index contributed by atoms with van der Waals surface area (Å²) in [6.07, 6.45) is 0.681. The van der Waals surface area contributed by atoms with Gasteiger partial charge in [0, 0.05) is 19.6 Å². The van der Waals surface area contributed by atoms with E-state index in [4.69, 9.17) is 4.74 Å². The Morgan fingerprint density at radius 3 is 2.83 bits per heavy atom. The molecule has 1 aromatic carbocycles. The number of ether oxygens (including phenoxy) is 1. The van der Waals surface area contributed by atoms with Gasteiger partial charge in [-0.05, 0) is 12.5 Å². The zero-order chi connectivity index (χ0) is 13.0. The number of benzene rings is 1. The van der Waals surface area contributed by atoms with E-state index in [0.717, 1.165) is 5.56 Å². The smallest absolute Gasteiger partial charge is 0.224 e. The van der Waals surface area contributed by atoms with Crippen molar-refractivity contribution in [3.8, 4) is 0 Å². The van der Waals surface area contributed by atoms with Crippen molar-refractivity contribution >= 4 is 5.91 Å². The number of aliphatic hydroxyl groups is 1. The number of carbonyl (C=O) groups is 1. The molecule has 0 aliphatic carbocycles. The molecule has 2 atom stereocenters. The van der Waals surface area contributed by atoms with Gasteiger partial charge in [-0.3, -0.25) is 4.79 Å². The summed E-state index contributed by atoms with van der Waals surface area (Å²) in [4.78, 5) is 11.8. The third-order valence-electron chi connectivity index (χ3n) is 3.46. The second-order valence-electron chi connectivity index (χ2n) is 4.81. The highest BCUT2D eigenvalue weighted by molar-refractivity contribution is 5.78. The van der Waals surface area contributed by atoms with Gasteiger partial charge < -0.3 is 15.2 Å². The van der Waals surface area contributed by atoms with Crippen LogP contribution in [0.4, 0.5) is 0 Å². The van der Waals surface area contributed by atoms with E-state index in [2.05, 4.69) is 5.32 Å². The molecule has 1 fully saturated rings. The molecule has 1 saturated heterocycles. The van der Waals surface area contributed by atoms with E-state index in [1.165, 1.54) is 0 Å². The first kappa shape index (κ1) is 13.1. The van der Waals surface area contributed by atoms with Crippen molar-refractivity contribution in [2.24, 2.45) is 0 Å². The number of rotatable bonds is 4. The van der Waals surface area contributed by atoms with Gasteiger partial charge in [0.2, 0.25) is 5.91 Å². The third kappa shape index (κ3) is 3.09. The third-order valence-corrected chi connectivity index (χ3v) is 3.46. The number of hydrogen-bond acceptors (Lipinski definition) is 3. The van der Waals surface area contributed by atoms with Crippen molar-refractivity contribution in [3.05, 3.63) is 35.9 Å². The molecule has 4 nitrogen and oxygen atoms in total. The van der Waals surface area contributed by atoms with Gasteiger partial charge in [-0.25, -0.2) is 0 Å². The molecule has 0 aromatic heterocycles. The first-order valence-electron chi connectivity index (χ1n) is 6.25. The molecule has 0 spiro atoms. The highest BCUT2D eigenvalue weighted by Crippen LogP contribution is 2.24. The molecular weight excluding hydrogens is 230 g/mol. The van der Waals surface area contributed by atoms with Gasteiger partial charge in [0.05, 0.1) is 12.5 Å². The van der Waals surface area contributed by atoms with Gasteiger partial charge in [-0.2, -0.15) is 0 Å². The summed E-state index contributed by atoms with van der Waals surface area (Å²) in [6.45, 7) is 2.63. The van der Waals surface area contributed by atoms with Gasteiger partial charge in [-0.1, -0.05) is 30.3 Å². The summed E-state index contributed by atoms with van der Waals surface area (Å²) in [7, 11) is 0. The lowest BCUT2D eigenvalue weighted by atomic mass is 9.96. The number of amides is 1. The molecule has 1 heterocycles. The Bertz CT molecular complexity index is 407. The SMILES string of the molecule is CC1OCCC1(O)CNC(=O)Cc1ccccc1. The second-order valence-corrected chi connectivity index (χ2v) is 4.81. The molecule has 98 valence electrons. The predicted octanol–water partition coefficient (Wildman–Crippen LogP) is 0.885. The van der Waals surface area contributed by atoms with Crippen LogP contribution in [0.1, 0.15) is 18.9 Å². The lowest BCUT2D eigenvalue weighted by molar-refractivity contribution is -0.122. The molecular formula is C14H19NO3. The monoisotopic (exact) mass is 249 g/mol. The first-order valence-corrected chi connectivity index (χ1v) is 6.25. The maximum atomic E-state index is 11.8. The first-order chi connectivity index (χ1) is 8.60. The van der Waals surface area contributed by atoms with Crippen LogP contribution in [0.3, 0.4) is 0 Å². The van der Waals surface area contributed by atoms with Crippen LogP contribution in [0.2, 0.25) is 0 Å². The Morgan fingerprint density at radius 1 is 1.50 bits per heavy atom. The highest BCUT2D eigenvalue weighted by Gasteiger charge is 2.39. The molecule has 2 N–H and O–H groups in total. The van der Waals surface area contributed by atoms with Gasteiger partial charge in [0.15, 0.2) is 0 Å². The molecule has 0 radical (unpaired) electrons. The minimum atomic E-state index is -0.924. The molecule has 2 rings (SSSR count). The summed E-state index contributed by atoms with van der Waals surface area (Å²) in [5, 5.41) is 13.0. The van der Waals surface area contributed by atoms with Crippen LogP contribution in [0.15, 0.2) is 30.3 Å². The van der Waals surface area contributed by atoms with Gasteiger partial charge in [0.25, 0.3) is 0 Å². The van der Waals surface area contributed by atoms with Crippen molar-refractivity contribution in [2.45, 2.75) is 31.5 Å². The average molecular weight is 249 g/mol. The summed E-state index contributed by atoms with van der Waals surface area (Å²) < 4.78 is 5.32. The second kappa shape index (κ2) is 5.50. The van der Waals surface area contributed by atoms with Crippen LogP contribution < -0.4 is 5.32 Å². The fraction of sp³-hybridized carbons (Fsp3) is 0.500. The van der Waals surface area contributed by atoms with Crippen molar-refractivity contribution in [2.75, 3.05) is 13.2 Å². The topological polar surface area (TPSA) is 58.6 Å². The van der Waals surface area contributed by atoms with E-state index < -0.39 is 5.60 Å². The van der Waals surface area contributed by atoms with Crippen molar-refractivity contribution in [1.82, 2.24) is 5.32 Å². The predicted molar refractivity (Wildman–Crippen MR) is 68.1 cm³/mol. The number of carbonyl (C=O) groups excluding carboxylic acids is 1. The zero-order valence-electron chi connectivity index (χ0n) is 10.6. The Morgan fingerprint density at radius 2 is 2.22 bits per heavy atom. The van der Waals surface area contributed by atoms with Crippen molar-refractivity contribution in [1.29, 1.82) is 0 Å². The Balaban J connectivity index is 1.82. The molecule has 0 bridgehead atoms. The van der Waals surface area contributed by atoms with E-state index in [9.17, 15) is 9.90 Å². The maximum Gasteiger partial charge on any atom is 0.224 e. The maximum absolute atomic E-state index is 11.8. The van der Waals surface area contributed by atoms with Gasteiger partial charge in [-0.15, -0.1) is 0 Å². The molecule has 18 heavy (non-hydrogen) atoms. The molecule has 1 aliphatic heterocycles. The fourth-order valence-corrected chi connectivity index (χ4v) is 2.10. The molecule has 0 saturated carbocycles. The van der Waals surface area contributed by atoms with Gasteiger partial charge in [0.1, 0.15) is 5.60 Å². The molecule has 1 aromatic rings. The van der Waals surface area contributed by atoms with E-state index in [1.54, 1.807) is 0 Å². The Labute approximate surface area is 107 Å². The Hall–Kier alpha value is -1.39. The summed E-state index contributed by atoms with van der Waals surface area (Å²) >= 11 is 0. The number of hydrogen-bond donors (Lipinski definition) is 2. The highest BCUT2D eigenvalue weighted by atomic mass is 16.5. The van der Waals surface area contributed by atoms with Crippen LogP contribution in [0.5, 0.6) is 0 Å². The summed E-state index contributed by atoms with van der Waals surface area (Å²) in [5.74, 6) is -0.0753. The molecule has 2 unspecified atom stereocenters. The Kier molecular flexibility index (Phi) is 3.99. The zero-order valence-corrected chi connectivity index (χ0v) is 10.6. The summed E-state index contributed by atoms with van der Waals surface area (Å²) in [5.41, 5.74) is 0.0458. The molecule has 1 amide bonds. The van der Waals surface area contributed by atoms with Crippen molar-refractivity contribution < 1.29 is 14.6 Å². The van der Waals surface area contributed by atoms with E-state index in [1.807, 2.05) is 37.3 Å². The largest absolute Gasteiger partial charge is 0.385 e. The average Bonchev–Trinajstić information content (AvgIpc) is 2.69.